The molecule has 21 heteroatoms. The second-order valence-electron chi connectivity index (χ2n) is 13.9. The number of nitrogens with zero attached hydrogens (tertiary/aromatic N) is 6. The van der Waals surface area contributed by atoms with Crippen molar-refractivity contribution in [2.75, 3.05) is 35.8 Å². The molecule has 0 radical (unpaired) electrons. The van der Waals surface area contributed by atoms with Crippen LogP contribution in [0.2, 0.25) is 15.3 Å². The van der Waals surface area contributed by atoms with E-state index in [0.717, 1.165) is 60.8 Å². The van der Waals surface area contributed by atoms with Crippen LogP contribution in [0.3, 0.4) is 0 Å². The van der Waals surface area contributed by atoms with Gasteiger partial charge in [0.25, 0.3) is 23.2 Å². The lowest BCUT2D eigenvalue weighted by Gasteiger charge is -2.14. The van der Waals surface area contributed by atoms with Gasteiger partial charge in [-0.15, -0.1) is 0 Å². The second kappa shape index (κ2) is 20.6. The van der Waals surface area contributed by atoms with Crippen LogP contribution < -0.4 is 32.3 Å². The Labute approximate surface area is 375 Å². The predicted octanol–water partition coefficient (Wildman–Crippen LogP) is 8.93. The summed E-state index contributed by atoms with van der Waals surface area (Å²) in [6, 6.07) is 20.2. The SMILES string of the molecule is CNC(=O)c1ccccc1Nc1nc(Cl)ncc1Cl.CNC(=O)c1ccccc1Nc1nc(Nc2cc([N+](=O)[O-])cc3c2CCC3)ncc1Cl.Nc1cc([N+](=O)[O-])cc2c1CCC2. The van der Waals surface area contributed by atoms with Gasteiger partial charge in [0.15, 0.2) is 11.6 Å². The van der Waals surface area contributed by atoms with Crippen molar-refractivity contribution < 1.29 is 19.4 Å². The molecule has 7 N–H and O–H groups in total. The van der Waals surface area contributed by atoms with Crippen molar-refractivity contribution in [3.63, 3.8) is 0 Å². The average molecular weight is 914 g/mol. The van der Waals surface area contributed by atoms with Crippen molar-refractivity contribution in [1.82, 2.24) is 30.6 Å². The maximum atomic E-state index is 12.1. The minimum atomic E-state index is -0.408. The topological polar surface area (TPSA) is 258 Å². The molecule has 2 aliphatic rings. The van der Waals surface area contributed by atoms with Gasteiger partial charge in [-0.2, -0.15) is 9.97 Å². The molecule has 0 atom stereocenters. The quantitative estimate of drug-likeness (QED) is 0.0325. The van der Waals surface area contributed by atoms with Gasteiger partial charge in [0.2, 0.25) is 11.2 Å². The number of carbonyl (C=O) groups excluding carboxylic acids is 2. The lowest BCUT2D eigenvalue weighted by Crippen LogP contribution is -2.19. The van der Waals surface area contributed by atoms with Gasteiger partial charge in [-0.05, 0) is 96.6 Å². The summed E-state index contributed by atoms with van der Waals surface area (Å²) in [7, 11) is 3.12. The molecule has 0 saturated carbocycles. The van der Waals surface area contributed by atoms with E-state index in [1.807, 2.05) is 0 Å². The van der Waals surface area contributed by atoms with Crippen LogP contribution in [-0.4, -0.2) is 55.7 Å². The van der Waals surface area contributed by atoms with Crippen molar-refractivity contribution in [3.8, 4) is 0 Å². The van der Waals surface area contributed by atoms with Gasteiger partial charge in [0.1, 0.15) is 10.0 Å². The number of non-ortho nitro benzene ring substituents is 2. The molecule has 63 heavy (non-hydrogen) atoms. The van der Waals surface area contributed by atoms with E-state index in [-0.39, 0.29) is 39.4 Å². The van der Waals surface area contributed by atoms with Gasteiger partial charge >= 0.3 is 0 Å². The fraction of sp³-hybridized carbons (Fsp3) is 0.190. The lowest BCUT2D eigenvalue weighted by molar-refractivity contribution is -0.385. The Morgan fingerprint density at radius 3 is 1.68 bits per heavy atom. The number of halogens is 3. The first-order chi connectivity index (χ1) is 30.3. The number of hydrogen-bond donors (Lipinski definition) is 6. The monoisotopic (exact) mass is 912 g/mol. The van der Waals surface area contributed by atoms with Crippen LogP contribution >= 0.6 is 34.8 Å². The van der Waals surface area contributed by atoms with Crippen LogP contribution in [0.15, 0.2) is 85.2 Å². The number of carbonyl (C=O) groups is 2. The van der Waals surface area contributed by atoms with Crippen LogP contribution in [0.25, 0.3) is 0 Å². The highest BCUT2D eigenvalue weighted by Gasteiger charge is 2.22. The third-order valence-corrected chi connectivity index (χ3v) is 10.6. The third kappa shape index (κ3) is 11.2. The Morgan fingerprint density at radius 1 is 0.635 bits per heavy atom. The zero-order valence-corrected chi connectivity index (χ0v) is 35.9. The fourth-order valence-corrected chi connectivity index (χ4v) is 7.32. The van der Waals surface area contributed by atoms with Gasteiger partial charge in [0, 0.05) is 44.0 Å². The number of nitro benzene ring substituents is 2. The molecule has 0 aliphatic heterocycles. The first-order valence-electron chi connectivity index (χ1n) is 19.3. The van der Waals surface area contributed by atoms with E-state index < -0.39 is 9.85 Å². The van der Waals surface area contributed by atoms with Crippen molar-refractivity contribution in [3.05, 3.63) is 154 Å². The fourth-order valence-electron chi connectivity index (χ4n) is 6.91. The van der Waals surface area contributed by atoms with Crippen LogP contribution in [0, 0.1) is 20.2 Å². The Hall–Kier alpha value is -7.15. The molecule has 2 heterocycles. The molecule has 8 rings (SSSR count). The molecular weight excluding hydrogens is 875 g/mol. The van der Waals surface area contributed by atoms with Gasteiger partial charge in [0.05, 0.1) is 50.4 Å². The van der Waals surface area contributed by atoms with Crippen LogP contribution in [-0.2, 0) is 25.7 Å². The van der Waals surface area contributed by atoms with E-state index in [0.29, 0.717) is 50.5 Å². The highest BCUT2D eigenvalue weighted by atomic mass is 35.5. The molecule has 2 amide bonds. The highest BCUT2D eigenvalue weighted by molar-refractivity contribution is 6.34. The molecule has 0 bridgehead atoms. The second-order valence-corrected chi connectivity index (χ2v) is 15.0. The molecule has 2 aromatic heterocycles. The summed E-state index contributed by atoms with van der Waals surface area (Å²) in [6.45, 7) is 0. The number of benzene rings is 4. The molecule has 18 nitrogen and oxygen atoms in total. The Bertz CT molecular complexity index is 2720. The van der Waals surface area contributed by atoms with Crippen molar-refractivity contribution in [1.29, 1.82) is 0 Å². The van der Waals surface area contributed by atoms with Gasteiger partial charge in [-0.3, -0.25) is 29.8 Å². The van der Waals surface area contributed by atoms with Crippen molar-refractivity contribution in [2.24, 2.45) is 0 Å². The minimum absolute atomic E-state index is 0.0231. The number of nitrogens with one attached hydrogen (secondary N) is 5. The van der Waals surface area contributed by atoms with Gasteiger partial charge in [-0.1, -0.05) is 47.5 Å². The predicted molar refractivity (Wildman–Crippen MR) is 243 cm³/mol. The Balaban J connectivity index is 0.000000175. The standard InChI is InChI=1S/C21H19ClN6O3.C12H10Cl2N4O.C9H10N2O2/c1-23-20(29)15-6-2-3-8-17(15)25-19-16(22)11-24-21(27-19)26-18-10-13(28(30)31)9-12-5-4-7-14(12)18;1-15-11(19)7-4-2-3-5-9(7)17-10-8(13)6-16-12(14)18-10;10-9-5-7(11(12)13)4-6-2-1-3-8(6)9/h2-3,6,8-11H,4-5,7H2,1H3,(H,23,29)(H2,24,25,26,27);2-6H,1H3,(H,15,19)(H,16,17,18);4-5H,1-3,10H2. The van der Waals surface area contributed by atoms with Gasteiger partial charge in [-0.25, -0.2) is 9.97 Å². The number of rotatable bonds is 10. The number of nitrogen functional groups attached to an aromatic ring is 1. The number of nitrogens with two attached hydrogens (primary N) is 1. The lowest BCUT2D eigenvalue weighted by atomic mass is 10.1. The van der Waals surface area contributed by atoms with Crippen LogP contribution in [0.5, 0.6) is 0 Å². The molecule has 0 fully saturated rings. The summed E-state index contributed by atoms with van der Waals surface area (Å²) in [4.78, 5) is 61.2. The van der Waals surface area contributed by atoms with Crippen molar-refractivity contribution >= 4 is 98.3 Å². The van der Waals surface area contributed by atoms with E-state index in [1.165, 1.54) is 24.5 Å². The first-order valence-corrected chi connectivity index (χ1v) is 20.4. The minimum Gasteiger partial charge on any atom is -0.398 e. The zero-order chi connectivity index (χ0) is 45.2. The highest BCUT2D eigenvalue weighted by Crippen LogP contribution is 2.36. The number of fused-ring (bicyclic) bond motifs is 2. The molecule has 6 aromatic rings. The summed E-state index contributed by atoms with van der Waals surface area (Å²) in [5, 5.41) is 36.8. The molecule has 0 saturated heterocycles. The van der Waals surface area contributed by atoms with Crippen LogP contribution in [0.4, 0.5) is 51.7 Å². The van der Waals surface area contributed by atoms with Gasteiger partial charge < -0.3 is 32.3 Å². The molecule has 0 unspecified atom stereocenters. The number of hydrogen-bond acceptors (Lipinski definition) is 14. The molecule has 2 aliphatic carbocycles. The summed E-state index contributed by atoms with van der Waals surface area (Å²) < 4.78 is 0. The number of para-hydroxylation sites is 2. The summed E-state index contributed by atoms with van der Waals surface area (Å²) in [5.74, 6) is 0.424. The first kappa shape index (κ1) is 45.4. The average Bonchev–Trinajstić information content (AvgIpc) is 3.97. The molecule has 4 aromatic carbocycles. The third-order valence-electron chi connectivity index (χ3n) is 9.87. The zero-order valence-electron chi connectivity index (χ0n) is 33.7. The van der Waals surface area contributed by atoms with Crippen molar-refractivity contribution in [2.45, 2.75) is 38.5 Å². The van der Waals surface area contributed by atoms with E-state index in [9.17, 15) is 29.8 Å². The molecule has 324 valence electrons. The number of anilines is 7. The Kier molecular flexibility index (Phi) is 14.8. The van der Waals surface area contributed by atoms with E-state index in [1.54, 1.807) is 74.8 Å². The van der Waals surface area contributed by atoms with Crippen LogP contribution in [0.1, 0.15) is 55.8 Å². The number of aromatic nitrogens is 4. The Morgan fingerprint density at radius 2 is 1.13 bits per heavy atom. The summed E-state index contributed by atoms with van der Waals surface area (Å²) in [5.41, 5.74) is 13.2. The summed E-state index contributed by atoms with van der Waals surface area (Å²) in [6.07, 6.45) is 8.32. The van der Waals surface area contributed by atoms with E-state index in [2.05, 4.69) is 46.5 Å². The van der Waals surface area contributed by atoms with E-state index >= 15 is 0 Å². The normalized spacial score (nSPS) is 12.0. The number of aryl methyl sites for hydroxylation is 2. The largest absolute Gasteiger partial charge is 0.398 e. The van der Waals surface area contributed by atoms with E-state index in [4.69, 9.17) is 40.5 Å². The maximum Gasteiger partial charge on any atom is 0.271 e. The maximum absolute atomic E-state index is 12.1. The molecular formula is C42H39Cl3N12O6. The number of amides is 2. The smallest absolute Gasteiger partial charge is 0.271 e. The summed E-state index contributed by atoms with van der Waals surface area (Å²) >= 11 is 17.9. The molecule has 0 spiro atoms. The number of nitro groups is 2.